The number of halogens is 1. The molecule has 1 saturated heterocycles. The monoisotopic (exact) mass is 368 g/mol. The fraction of sp³-hybridized carbons (Fsp3) is 0.588. The number of carbonyl (C=O) groups is 1. The first-order valence-corrected chi connectivity index (χ1v) is 8.82. The fourth-order valence-corrected chi connectivity index (χ4v) is 2.93. The van der Waals surface area contributed by atoms with Gasteiger partial charge in [0, 0.05) is 30.6 Å². The first-order valence-electron chi connectivity index (χ1n) is 8.03. The van der Waals surface area contributed by atoms with Gasteiger partial charge in [-0.2, -0.15) is 0 Å². The van der Waals surface area contributed by atoms with Crippen LogP contribution in [0.4, 0.5) is 0 Å². The molecule has 1 heterocycles. The quantitative estimate of drug-likeness (QED) is 0.752. The number of hydrogen-bond donors (Lipinski definition) is 1. The normalized spacial score (nSPS) is 16.0. The predicted octanol–water partition coefficient (Wildman–Crippen LogP) is 2.74. The van der Waals surface area contributed by atoms with Gasteiger partial charge in [-0.05, 0) is 49.9 Å². The second kappa shape index (κ2) is 9.28. The van der Waals surface area contributed by atoms with Crippen LogP contribution in [-0.2, 0) is 16.0 Å². The molecule has 5 heteroatoms. The molecule has 0 aromatic heterocycles. The third-order valence-corrected chi connectivity index (χ3v) is 4.57. The van der Waals surface area contributed by atoms with Gasteiger partial charge in [-0.25, -0.2) is 0 Å². The van der Waals surface area contributed by atoms with Crippen molar-refractivity contribution in [2.75, 3.05) is 26.2 Å². The SMILES string of the molecule is NCCCOC1CCN(C(=O)CCc2ccc(Br)cc2)CC1. The number of piperidine rings is 1. The van der Waals surface area contributed by atoms with Crippen LogP contribution in [0.2, 0.25) is 0 Å². The number of carbonyl (C=O) groups excluding carboxylic acids is 1. The fourth-order valence-electron chi connectivity index (χ4n) is 2.67. The van der Waals surface area contributed by atoms with E-state index in [0.717, 1.165) is 49.9 Å². The largest absolute Gasteiger partial charge is 0.378 e. The summed E-state index contributed by atoms with van der Waals surface area (Å²) >= 11 is 3.42. The standard InChI is InChI=1S/C17H25BrN2O2/c18-15-5-2-14(3-6-15)4-7-17(21)20-11-8-16(9-12-20)22-13-1-10-19/h2-3,5-6,16H,1,4,7-13,19H2. The van der Waals surface area contributed by atoms with Gasteiger partial charge < -0.3 is 15.4 Å². The third-order valence-electron chi connectivity index (χ3n) is 4.04. The Labute approximate surface area is 141 Å². The van der Waals surface area contributed by atoms with Crippen LogP contribution in [-0.4, -0.2) is 43.2 Å². The molecule has 2 rings (SSSR count). The van der Waals surface area contributed by atoms with Crippen molar-refractivity contribution >= 4 is 21.8 Å². The summed E-state index contributed by atoms with van der Waals surface area (Å²) < 4.78 is 6.84. The highest BCUT2D eigenvalue weighted by Crippen LogP contribution is 2.16. The summed E-state index contributed by atoms with van der Waals surface area (Å²) in [7, 11) is 0. The maximum absolute atomic E-state index is 12.3. The van der Waals surface area contributed by atoms with Crippen molar-refractivity contribution in [1.82, 2.24) is 4.90 Å². The molecule has 1 aliphatic heterocycles. The molecule has 122 valence electrons. The molecule has 0 saturated carbocycles. The van der Waals surface area contributed by atoms with E-state index < -0.39 is 0 Å². The number of rotatable bonds is 7. The van der Waals surface area contributed by atoms with E-state index in [9.17, 15) is 4.79 Å². The minimum Gasteiger partial charge on any atom is -0.378 e. The van der Waals surface area contributed by atoms with Gasteiger partial charge in [0.1, 0.15) is 0 Å². The van der Waals surface area contributed by atoms with Crippen LogP contribution in [0.1, 0.15) is 31.2 Å². The molecular formula is C17H25BrN2O2. The number of hydrogen-bond acceptors (Lipinski definition) is 3. The molecular weight excluding hydrogens is 344 g/mol. The lowest BCUT2D eigenvalue weighted by atomic mass is 10.1. The molecule has 1 aliphatic rings. The molecule has 4 nitrogen and oxygen atoms in total. The second-order valence-corrected chi connectivity index (χ2v) is 6.64. The van der Waals surface area contributed by atoms with Crippen molar-refractivity contribution in [2.45, 2.75) is 38.2 Å². The molecule has 22 heavy (non-hydrogen) atoms. The highest BCUT2D eigenvalue weighted by atomic mass is 79.9. The third kappa shape index (κ3) is 5.71. The molecule has 0 unspecified atom stereocenters. The molecule has 0 atom stereocenters. The zero-order valence-corrected chi connectivity index (χ0v) is 14.6. The topological polar surface area (TPSA) is 55.6 Å². The maximum atomic E-state index is 12.3. The van der Waals surface area contributed by atoms with Crippen LogP contribution in [0, 0.1) is 0 Å². The van der Waals surface area contributed by atoms with Gasteiger partial charge in [0.05, 0.1) is 6.10 Å². The molecule has 1 amide bonds. The van der Waals surface area contributed by atoms with Crippen LogP contribution in [0.5, 0.6) is 0 Å². The molecule has 1 aromatic carbocycles. The van der Waals surface area contributed by atoms with Gasteiger partial charge in [-0.15, -0.1) is 0 Å². The van der Waals surface area contributed by atoms with E-state index in [2.05, 4.69) is 28.1 Å². The summed E-state index contributed by atoms with van der Waals surface area (Å²) in [4.78, 5) is 14.2. The van der Waals surface area contributed by atoms with Crippen LogP contribution >= 0.6 is 15.9 Å². The van der Waals surface area contributed by atoms with E-state index in [1.165, 1.54) is 5.56 Å². The van der Waals surface area contributed by atoms with Crippen LogP contribution in [0.25, 0.3) is 0 Å². The van der Waals surface area contributed by atoms with E-state index in [-0.39, 0.29) is 5.91 Å². The summed E-state index contributed by atoms with van der Waals surface area (Å²) in [5, 5.41) is 0. The van der Waals surface area contributed by atoms with Crippen molar-refractivity contribution in [2.24, 2.45) is 5.73 Å². The average Bonchev–Trinajstić information content (AvgIpc) is 2.55. The molecule has 2 N–H and O–H groups in total. The Bertz CT molecular complexity index is 456. The Morgan fingerprint density at radius 2 is 1.95 bits per heavy atom. The van der Waals surface area contributed by atoms with Crippen molar-refractivity contribution in [3.63, 3.8) is 0 Å². The van der Waals surface area contributed by atoms with E-state index in [0.29, 0.717) is 19.1 Å². The summed E-state index contributed by atoms with van der Waals surface area (Å²) in [5.74, 6) is 0.253. The first kappa shape index (κ1) is 17.4. The lowest BCUT2D eigenvalue weighted by Gasteiger charge is -2.32. The lowest BCUT2D eigenvalue weighted by molar-refractivity contribution is -0.133. The van der Waals surface area contributed by atoms with Gasteiger partial charge in [0.25, 0.3) is 0 Å². The summed E-state index contributed by atoms with van der Waals surface area (Å²) in [6.07, 6.45) is 4.47. The highest BCUT2D eigenvalue weighted by Gasteiger charge is 2.22. The Morgan fingerprint density at radius 1 is 1.27 bits per heavy atom. The Hall–Kier alpha value is -0.910. The van der Waals surface area contributed by atoms with Crippen molar-refractivity contribution < 1.29 is 9.53 Å². The Morgan fingerprint density at radius 3 is 2.59 bits per heavy atom. The van der Waals surface area contributed by atoms with E-state index in [4.69, 9.17) is 10.5 Å². The minimum atomic E-state index is 0.253. The number of amides is 1. The summed E-state index contributed by atoms with van der Waals surface area (Å²) in [5.41, 5.74) is 6.67. The predicted molar refractivity (Wildman–Crippen MR) is 91.7 cm³/mol. The highest BCUT2D eigenvalue weighted by molar-refractivity contribution is 9.10. The Kier molecular flexibility index (Phi) is 7.36. The number of nitrogens with two attached hydrogens (primary N) is 1. The van der Waals surface area contributed by atoms with Crippen molar-refractivity contribution in [3.05, 3.63) is 34.3 Å². The first-order chi connectivity index (χ1) is 10.7. The molecule has 0 bridgehead atoms. The second-order valence-electron chi connectivity index (χ2n) is 5.72. The number of nitrogens with zero attached hydrogens (tertiary/aromatic N) is 1. The zero-order chi connectivity index (χ0) is 15.8. The van der Waals surface area contributed by atoms with Crippen molar-refractivity contribution in [1.29, 1.82) is 0 Å². The van der Waals surface area contributed by atoms with Crippen molar-refractivity contribution in [3.8, 4) is 0 Å². The molecule has 0 aliphatic carbocycles. The summed E-state index contributed by atoms with van der Waals surface area (Å²) in [6.45, 7) is 3.03. The molecule has 1 fully saturated rings. The van der Waals surface area contributed by atoms with E-state index in [1.54, 1.807) is 0 Å². The zero-order valence-electron chi connectivity index (χ0n) is 13.0. The van der Waals surface area contributed by atoms with Gasteiger partial charge in [0.15, 0.2) is 0 Å². The number of benzene rings is 1. The minimum absolute atomic E-state index is 0.253. The molecule has 0 radical (unpaired) electrons. The van der Waals surface area contributed by atoms with E-state index in [1.807, 2.05) is 17.0 Å². The van der Waals surface area contributed by atoms with Crippen LogP contribution in [0.15, 0.2) is 28.7 Å². The number of ether oxygens (including phenoxy) is 1. The smallest absolute Gasteiger partial charge is 0.222 e. The van der Waals surface area contributed by atoms with Gasteiger partial charge in [-0.1, -0.05) is 28.1 Å². The lowest BCUT2D eigenvalue weighted by Crippen LogP contribution is -2.41. The average molecular weight is 369 g/mol. The van der Waals surface area contributed by atoms with Gasteiger partial charge in [-0.3, -0.25) is 4.79 Å². The number of likely N-dealkylation sites (tertiary alicyclic amines) is 1. The maximum Gasteiger partial charge on any atom is 0.222 e. The van der Waals surface area contributed by atoms with Crippen LogP contribution in [0.3, 0.4) is 0 Å². The van der Waals surface area contributed by atoms with Gasteiger partial charge in [0.2, 0.25) is 5.91 Å². The Balaban J connectivity index is 1.67. The molecule has 0 spiro atoms. The van der Waals surface area contributed by atoms with E-state index >= 15 is 0 Å². The van der Waals surface area contributed by atoms with Gasteiger partial charge >= 0.3 is 0 Å². The summed E-state index contributed by atoms with van der Waals surface area (Å²) in [6, 6.07) is 8.16. The molecule has 1 aromatic rings. The number of aryl methyl sites for hydroxylation is 1. The van der Waals surface area contributed by atoms with Crippen LogP contribution < -0.4 is 5.73 Å².